The molecule has 0 saturated heterocycles. The van der Waals surface area contributed by atoms with E-state index in [1.807, 2.05) is 26.8 Å². The third-order valence-electron chi connectivity index (χ3n) is 4.02. The zero-order valence-electron chi connectivity index (χ0n) is 14.9. The van der Waals surface area contributed by atoms with Crippen molar-refractivity contribution in [1.29, 1.82) is 0 Å². The molecule has 0 radical (unpaired) electrons. The Kier molecular flexibility index (Phi) is 4.85. The molecule has 7 nitrogen and oxygen atoms in total. The van der Waals surface area contributed by atoms with Crippen LogP contribution >= 0.6 is 0 Å². The minimum atomic E-state index is -0.171. The summed E-state index contributed by atoms with van der Waals surface area (Å²) in [5, 5.41) is 10.7. The summed E-state index contributed by atoms with van der Waals surface area (Å²) in [5.41, 5.74) is 2.98. The molecule has 0 unspecified atom stereocenters. The zero-order valence-corrected chi connectivity index (χ0v) is 14.9. The van der Waals surface area contributed by atoms with E-state index in [-0.39, 0.29) is 5.91 Å². The van der Waals surface area contributed by atoms with Crippen LogP contribution in [0.2, 0.25) is 0 Å². The first-order valence-corrected chi connectivity index (χ1v) is 8.34. The SMILES string of the molecule is CCNCCNC(=O)c1cc(-c2cc(C)oc2C)nc2onc(C)c12. The summed E-state index contributed by atoms with van der Waals surface area (Å²) in [4.78, 5) is 17.2. The van der Waals surface area contributed by atoms with Crippen molar-refractivity contribution < 1.29 is 13.7 Å². The number of nitrogens with one attached hydrogen (secondary N) is 2. The third kappa shape index (κ3) is 3.41. The van der Waals surface area contributed by atoms with Crippen molar-refractivity contribution in [3.63, 3.8) is 0 Å². The average molecular weight is 342 g/mol. The van der Waals surface area contributed by atoms with Gasteiger partial charge in [-0.3, -0.25) is 4.79 Å². The summed E-state index contributed by atoms with van der Waals surface area (Å²) in [7, 11) is 0. The van der Waals surface area contributed by atoms with Gasteiger partial charge in [0.25, 0.3) is 11.6 Å². The number of rotatable bonds is 6. The van der Waals surface area contributed by atoms with Gasteiger partial charge in [-0.25, -0.2) is 4.98 Å². The molecule has 0 fully saturated rings. The number of amides is 1. The molecule has 0 saturated carbocycles. The fraction of sp³-hybridized carbons (Fsp3) is 0.389. The molecule has 3 rings (SSSR count). The molecular weight excluding hydrogens is 320 g/mol. The second kappa shape index (κ2) is 7.06. The lowest BCUT2D eigenvalue weighted by molar-refractivity contribution is 0.0955. The molecule has 132 valence electrons. The standard InChI is InChI=1S/C18H22N4O3/c1-5-19-6-7-20-17(23)14-9-15(13-8-10(2)24-12(13)4)21-18-16(14)11(3)22-25-18/h8-9,19H,5-7H2,1-4H3,(H,20,23). The van der Waals surface area contributed by atoms with Gasteiger partial charge >= 0.3 is 0 Å². The van der Waals surface area contributed by atoms with E-state index in [0.29, 0.717) is 41.1 Å². The maximum Gasteiger partial charge on any atom is 0.259 e. The lowest BCUT2D eigenvalue weighted by Gasteiger charge is -2.08. The van der Waals surface area contributed by atoms with Crippen LogP contribution < -0.4 is 10.6 Å². The Bertz CT molecular complexity index is 911. The summed E-state index contributed by atoms with van der Waals surface area (Å²) in [5.74, 6) is 1.37. The van der Waals surface area contributed by atoms with Crippen LogP contribution in [0.25, 0.3) is 22.4 Å². The van der Waals surface area contributed by atoms with E-state index in [1.54, 1.807) is 13.0 Å². The number of hydrogen-bond donors (Lipinski definition) is 2. The minimum Gasteiger partial charge on any atom is -0.466 e. The second-order valence-corrected chi connectivity index (χ2v) is 5.94. The van der Waals surface area contributed by atoms with Crippen LogP contribution in [-0.2, 0) is 0 Å². The van der Waals surface area contributed by atoms with Gasteiger partial charge < -0.3 is 19.6 Å². The van der Waals surface area contributed by atoms with Crippen molar-refractivity contribution in [2.45, 2.75) is 27.7 Å². The number of nitrogens with zero attached hydrogens (tertiary/aromatic N) is 2. The number of fused-ring (bicyclic) bond motifs is 1. The van der Waals surface area contributed by atoms with Crippen LogP contribution in [0.15, 0.2) is 21.1 Å². The van der Waals surface area contributed by atoms with Gasteiger partial charge in [0, 0.05) is 18.7 Å². The molecule has 0 aromatic carbocycles. The van der Waals surface area contributed by atoms with Crippen molar-refractivity contribution in [3.05, 3.63) is 34.9 Å². The van der Waals surface area contributed by atoms with Crippen molar-refractivity contribution in [2.75, 3.05) is 19.6 Å². The minimum absolute atomic E-state index is 0.171. The van der Waals surface area contributed by atoms with Crippen LogP contribution in [0.1, 0.15) is 34.5 Å². The lowest BCUT2D eigenvalue weighted by Crippen LogP contribution is -2.31. The van der Waals surface area contributed by atoms with Crippen LogP contribution in [0, 0.1) is 20.8 Å². The number of aryl methyl sites for hydroxylation is 3. The predicted molar refractivity (Wildman–Crippen MR) is 94.6 cm³/mol. The maximum absolute atomic E-state index is 12.7. The average Bonchev–Trinajstić information content (AvgIpc) is 3.12. The molecule has 25 heavy (non-hydrogen) atoms. The highest BCUT2D eigenvalue weighted by Gasteiger charge is 2.20. The number of pyridine rings is 1. The number of likely N-dealkylation sites (N-methyl/N-ethyl adjacent to an activating group) is 1. The Hall–Kier alpha value is -2.67. The van der Waals surface area contributed by atoms with Crippen LogP contribution in [0.5, 0.6) is 0 Å². The Morgan fingerprint density at radius 2 is 2.00 bits per heavy atom. The summed E-state index contributed by atoms with van der Waals surface area (Å²) in [6.45, 7) is 9.69. The molecule has 7 heteroatoms. The Labute approximate surface area is 145 Å². The first kappa shape index (κ1) is 17.2. The number of aromatic nitrogens is 2. The number of carbonyl (C=O) groups excluding carboxylic acids is 1. The molecule has 2 N–H and O–H groups in total. The van der Waals surface area contributed by atoms with Crippen LogP contribution in [0.3, 0.4) is 0 Å². The highest BCUT2D eigenvalue weighted by atomic mass is 16.5. The summed E-state index contributed by atoms with van der Waals surface area (Å²) in [6, 6.07) is 3.67. The Balaban J connectivity index is 2.02. The lowest BCUT2D eigenvalue weighted by atomic mass is 10.1. The van der Waals surface area contributed by atoms with Gasteiger partial charge in [0.05, 0.1) is 22.3 Å². The molecule has 3 heterocycles. The van der Waals surface area contributed by atoms with Crippen molar-refractivity contribution in [3.8, 4) is 11.3 Å². The maximum atomic E-state index is 12.7. The van der Waals surface area contributed by atoms with Crippen molar-refractivity contribution >= 4 is 17.0 Å². The fourth-order valence-electron chi connectivity index (χ4n) is 2.83. The van der Waals surface area contributed by atoms with Gasteiger partial charge in [-0.05, 0) is 39.4 Å². The van der Waals surface area contributed by atoms with E-state index in [2.05, 4.69) is 20.8 Å². The smallest absolute Gasteiger partial charge is 0.259 e. The van der Waals surface area contributed by atoms with Gasteiger partial charge in [0.15, 0.2) is 0 Å². The second-order valence-electron chi connectivity index (χ2n) is 5.94. The van der Waals surface area contributed by atoms with Gasteiger partial charge in [0.1, 0.15) is 11.5 Å². The topological polar surface area (TPSA) is 93.2 Å². The van der Waals surface area contributed by atoms with Gasteiger partial charge in [-0.2, -0.15) is 0 Å². The van der Waals surface area contributed by atoms with E-state index in [1.165, 1.54) is 0 Å². The molecule has 3 aromatic rings. The molecule has 3 aromatic heterocycles. The number of hydrogen-bond acceptors (Lipinski definition) is 6. The highest BCUT2D eigenvalue weighted by molar-refractivity contribution is 6.07. The van der Waals surface area contributed by atoms with E-state index in [4.69, 9.17) is 8.94 Å². The van der Waals surface area contributed by atoms with Crippen LogP contribution in [0.4, 0.5) is 0 Å². The number of carbonyl (C=O) groups is 1. The monoisotopic (exact) mass is 342 g/mol. The first-order valence-electron chi connectivity index (χ1n) is 8.34. The van der Waals surface area contributed by atoms with Crippen molar-refractivity contribution in [1.82, 2.24) is 20.8 Å². The molecule has 0 bridgehead atoms. The molecule has 0 aliphatic rings. The molecule has 0 atom stereocenters. The third-order valence-corrected chi connectivity index (χ3v) is 4.02. The van der Waals surface area contributed by atoms with E-state index in [0.717, 1.165) is 23.6 Å². The Morgan fingerprint density at radius 1 is 1.20 bits per heavy atom. The summed E-state index contributed by atoms with van der Waals surface area (Å²) < 4.78 is 10.9. The first-order chi connectivity index (χ1) is 12.0. The summed E-state index contributed by atoms with van der Waals surface area (Å²) >= 11 is 0. The Morgan fingerprint density at radius 3 is 2.68 bits per heavy atom. The zero-order chi connectivity index (χ0) is 18.0. The summed E-state index contributed by atoms with van der Waals surface area (Å²) in [6.07, 6.45) is 0. The highest BCUT2D eigenvalue weighted by Crippen LogP contribution is 2.30. The molecule has 1 amide bonds. The molecule has 0 aliphatic heterocycles. The fourth-order valence-corrected chi connectivity index (χ4v) is 2.83. The van der Waals surface area contributed by atoms with Crippen molar-refractivity contribution in [2.24, 2.45) is 0 Å². The number of furan rings is 1. The van der Waals surface area contributed by atoms with E-state index >= 15 is 0 Å². The van der Waals surface area contributed by atoms with Gasteiger partial charge in [0.2, 0.25) is 0 Å². The van der Waals surface area contributed by atoms with Gasteiger partial charge in [-0.15, -0.1) is 0 Å². The molecular formula is C18H22N4O3. The molecule has 0 aliphatic carbocycles. The van der Waals surface area contributed by atoms with Crippen LogP contribution in [-0.4, -0.2) is 35.7 Å². The van der Waals surface area contributed by atoms with E-state index in [9.17, 15) is 4.79 Å². The quantitative estimate of drug-likeness (QED) is 0.669. The predicted octanol–water partition coefficient (Wildman–Crippen LogP) is 2.75. The van der Waals surface area contributed by atoms with Gasteiger partial charge in [-0.1, -0.05) is 12.1 Å². The normalized spacial score (nSPS) is 11.2. The largest absolute Gasteiger partial charge is 0.466 e. The molecule has 0 spiro atoms. The van der Waals surface area contributed by atoms with E-state index < -0.39 is 0 Å².